The van der Waals surface area contributed by atoms with Crippen LogP contribution in [0.5, 0.6) is 34.5 Å². The maximum Gasteiger partial charge on any atom is 0.309 e. The fraction of sp³-hybridized carbons (Fsp3) is 0.748. The highest BCUT2D eigenvalue weighted by Gasteiger charge is 2.52. The van der Waals surface area contributed by atoms with Crippen LogP contribution in [0.4, 0.5) is 0 Å². The number of aryl methyl sites for hydroxylation is 5. The van der Waals surface area contributed by atoms with Crippen LogP contribution in [0.1, 0.15) is 473 Å². The van der Waals surface area contributed by atoms with Crippen LogP contribution in [0.25, 0.3) is 0 Å². The molecule has 14 nitrogen and oxygen atoms in total. The number of phenols is 6. The smallest absolute Gasteiger partial charge is 0.309 e. The topological polar surface area (TPSA) is 271 Å². The van der Waals surface area contributed by atoms with Crippen molar-refractivity contribution in [1.29, 1.82) is 0 Å². The molecular weight excluding hydrogens is 1560 g/mol. The van der Waals surface area contributed by atoms with E-state index >= 15 is 0 Å². The minimum atomic E-state index is -0.654. The van der Waals surface area contributed by atoms with Crippen LogP contribution in [0.15, 0.2) is 24.3 Å². The number of carboxylic acids is 4. The summed E-state index contributed by atoms with van der Waals surface area (Å²) in [5.74, 6) is -3.57. The molecule has 8 fully saturated rings. The molecule has 0 atom stereocenters. The summed E-state index contributed by atoms with van der Waals surface area (Å²) in [6.07, 6.45) is 71.6. The van der Waals surface area contributed by atoms with Crippen molar-refractivity contribution >= 4 is 23.9 Å². The minimum absolute atomic E-state index is 0. The SMILES string of the molecule is C.CC1(CCCCCCc2c(O)cc(O)c(O)c2CCCCCCC2(C(=O)O)CC2)CC1.CC1(CCCCCCc2cc(O)c(O)c(O)c2CCCCCCC2(C(=O)O)CC2)CC1.Cc1cc(C)c(CCCCCCC2(C)CC2)c(CCCCCCC2(C(=O)O)CC2)c1C.Cc1cc(CCCCCCC2(C)CC2)c(CCCCCCC2(C(=O)O)CC2)c(C)c1C. The molecule has 14 heteroatoms. The van der Waals surface area contributed by atoms with Crippen LogP contribution in [-0.4, -0.2) is 74.9 Å². The standard InChI is InChI=1S/2C29H46O2.2C26H40O5.CH4/c1-22-21-25(13-9-5-7-11-15-28(4)17-18-28)26(24(3)23(22)2)14-10-6-8-12-16-29(19-20-29)27(30)31;1-22-21-23(2)25(13-9-5-7-11-15-28(4)17-18-28)26(24(22)3)14-10-6-8-12-16-29(19-20-29)27(30)31;1-25(14-15-25)12-8-4-2-6-10-19-20(23(29)22(28)18-21(19)27)11-7-3-5-9-13-26(16-17-26)24(30)31;1-25(14-15-25)12-8-4-2-6-10-19-18-21(27)23(29)22(28)20(19)11-7-3-5-9-13-26(16-17-26)24(30)31;/h2*21H,5-20H2,1-4H3,(H,30,31);2*18,27-29H,2-17H2,1H3,(H,30,31);1H4. The molecular formula is C111H176O14. The lowest BCUT2D eigenvalue weighted by atomic mass is 9.87. The van der Waals surface area contributed by atoms with Crippen LogP contribution < -0.4 is 0 Å². The van der Waals surface area contributed by atoms with Gasteiger partial charge < -0.3 is 51.1 Å². The summed E-state index contributed by atoms with van der Waals surface area (Å²) >= 11 is 0. The Hall–Kier alpha value is -6.44. The molecule has 4 aromatic carbocycles. The molecule has 0 aliphatic heterocycles. The van der Waals surface area contributed by atoms with Gasteiger partial charge in [0.2, 0.25) is 5.75 Å². The van der Waals surface area contributed by atoms with Gasteiger partial charge >= 0.3 is 23.9 Å². The zero-order valence-corrected chi connectivity index (χ0v) is 79.7. The van der Waals surface area contributed by atoms with Gasteiger partial charge in [0.1, 0.15) is 5.75 Å². The number of hydrogen-bond donors (Lipinski definition) is 10. The normalized spacial score (nSPS) is 18.0. The predicted octanol–water partition coefficient (Wildman–Crippen LogP) is 30.1. The number of aromatic hydroxyl groups is 6. The van der Waals surface area contributed by atoms with Crippen LogP contribution in [0, 0.1) is 84.9 Å². The van der Waals surface area contributed by atoms with Crippen molar-refractivity contribution in [2.75, 3.05) is 0 Å². The molecule has 0 heterocycles. The van der Waals surface area contributed by atoms with Gasteiger partial charge in [0.15, 0.2) is 23.0 Å². The molecule has 704 valence electrons. The first kappa shape index (κ1) is 104. The van der Waals surface area contributed by atoms with Gasteiger partial charge in [0, 0.05) is 22.8 Å². The Morgan fingerprint density at radius 2 is 0.496 bits per heavy atom. The summed E-state index contributed by atoms with van der Waals surface area (Å²) in [6, 6.07) is 7.72. The van der Waals surface area contributed by atoms with Gasteiger partial charge in [0.05, 0.1) is 21.7 Å². The molecule has 12 rings (SSSR count). The number of aliphatic carboxylic acids is 4. The van der Waals surface area contributed by atoms with Gasteiger partial charge in [-0.15, -0.1) is 0 Å². The fourth-order valence-corrected chi connectivity index (χ4v) is 20.3. The number of phenolic OH excluding ortho intramolecular Hbond substituents is 6. The van der Waals surface area contributed by atoms with Gasteiger partial charge in [-0.1, -0.05) is 201 Å². The molecule has 0 bridgehead atoms. The van der Waals surface area contributed by atoms with Gasteiger partial charge in [-0.2, -0.15) is 0 Å². The molecule has 0 amide bonds. The van der Waals surface area contributed by atoms with Gasteiger partial charge in [-0.05, 0) is 387 Å². The van der Waals surface area contributed by atoms with Gasteiger partial charge in [-0.25, -0.2) is 0 Å². The van der Waals surface area contributed by atoms with E-state index in [-0.39, 0.29) is 47.0 Å². The maximum absolute atomic E-state index is 11.3. The Labute approximate surface area is 757 Å². The zero-order chi connectivity index (χ0) is 89.9. The Morgan fingerprint density at radius 3 is 0.824 bits per heavy atom. The summed E-state index contributed by atoms with van der Waals surface area (Å²) in [5, 5.41) is 98.2. The van der Waals surface area contributed by atoms with Crippen molar-refractivity contribution in [2.45, 2.75) is 488 Å². The summed E-state index contributed by atoms with van der Waals surface area (Å²) in [6.45, 7) is 23.4. The van der Waals surface area contributed by atoms with E-state index in [1.165, 1.54) is 258 Å². The predicted molar refractivity (Wildman–Crippen MR) is 512 cm³/mol. The third-order valence-corrected chi connectivity index (χ3v) is 32.5. The second kappa shape index (κ2) is 48.5. The number of benzene rings is 4. The first-order valence-electron chi connectivity index (χ1n) is 50.7. The number of rotatable bonds is 60. The molecule has 8 aliphatic rings. The lowest BCUT2D eigenvalue weighted by Gasteiger charge is -2.18. The highest BCUT2D eigenvalue weighted by molar-refractivity contribution is 5.79. The van der Waals surface area contributed by atoms with E-state index in [0.717, 1.165) is 190 Å². The molecule has 8 aliphatic carbocycles. The monoisotopic (exact) mass is 1730 g/mol. The Morgan fingerprint density at radius 1 is 0.232 bits per heavy atom. The molecule has 0 spiro atoms. The van der Waals surface area contributed by atoms with Crippen LogP contribution in [0.3, 0.4) is 0 Å². The molecule has 10 N–H and O–H groups in total. The molecule has 0 saturated heterocycles. The summed E-state index contributed by atoms with van der Waals surface area (Å²) in [5.41, 5.74) is 19.5. The quantitative estimate of drug-likeness (QED) is 0.0112. The third-order valence-electron chi connectivity index (χ3n) is 32.5. The highest BCUT2D eigenvalue weighted by Crippen LogP contribution is 2.56. The number of carboxylic acid groups (broad SMARTS) is 4. The number of carbonyl (C=O) groups is 4. The molecule has 0 unspecified atom stereocenters. The van der Waals surface area contributed by atoms with E-state index in [2.05, 4.69) is 81.4 Å². The summed E-state index contributed by atoms with van der Waals surface area (Å²) in [7, 11) is 0. The zero-order valence-electron chi connectivity index (χ0n) is 79.7. The second-order valence-electron chi connectivity index (χ2n) is 43.5. The first-order chi connectivity index (χ1) is 59.1. The van der Waals surface area contributed by atoms with E-state index in [0.29, 0.717) is 46.5 Å². The van der Waals surface area contributed by atoms with Crippen molar-refractivity contribution < 1.29 is 70.2 Å². The summed E-state index contributed by atoms with van der Waals surface area (Å²) in [4.78, 5) is 45.1. The first-order valence-corrected chi connectivity index (χ1v) is 50.7. The largest absolute Gasteiger partial charge is 0.508 e. The van der Waals surface area contributed by atoms with Crippen molar-refractivity contribution in [1.82, 2.24) is 0 Å². The fourth-order valence-electron chi connectivity index (χ4n) is 20.3. The summed E-state index contributed by atoms with van der Waals surface area (Å²) < 4.78 is 0. The van der Waals surface area contributed by atoms with E-state index in [9.17, 15) is 70.2 Å². The van der Waals surface area contributed by atoms with E-state index in [1.807, 2.05) is 0 Å². The molecule has 8 saturated carbocycles. The van der Waals surface area contributed by atoms with Crippen LogP contribution in [0.2, 0.25) is 0 Å². The lowest BCUT2D eigenvalue weighted by molar-refractivity contribution is -0.144. The van der Waals surface area contributed by atoms with E-state index < -0.39 is 40.5 Å². The minimum Gasteiger partial charge on any atom is -0.508 e. The van der Waals surface area contributed by atoms with E-state index in [4.69, 9.17) is 0 Å². The molecule has 0 radical (unpaired) electrons. The number of unbranched alkanes of at least 4 members (excludes halogenated alkanes) is 24. The van der Waals surface area contributed by atoms with Crippen molar-refractivity contribution in [3.05, 3.63) is 102 Å². The average molecular weight is 1730 g/mol. The molecule has 125 heavy (non-hydrogen) atoms. The Kier molecular flexibility index (Phi) is 40.3. The lowest BCUT2D eigenvalue weighted by Crippen LogP contribution is -2.14. The third kappa shape index (κ3) is 33.2. The maximum atomic E-state index is 11.3. The number of hydrogen-bond acceptors (Lipinski definition) is 10. The average Bonchev–Trinajstić information content (AvgIpc) is 1.48. The van der Waals surface area contributed by atoms with Gasteiger partial charge in [0.25, 0.3) is 0 Å². The Bertz CT molecular complexity index is 3810. The van der Waals surface area contributed by atoms with Crippen molar-refractivity contribution in [2.24, 2.45) is 43.3 Å². The van der Waals surface area contributed by atoms with Crippen LogP contribution in [-0.2, 0) is 70.5 Å². The molecule has 0 aromatic heterocycles. The van der Waals surface area contributed by atoms with Crippen molar-refractivity contribution in [3.63, 3.8) is 0 Å². The molecule has 4 aromatic rings. The highest BCUT2D eigenvalue weighted by atomic mass is 16.4. The second-order valence-corrected chi connectivity index (χ2v) is 43.5. The van der Waals surface area contributed by atoms with Crippen molar-refractivity contribution in [3.8, 4) is 34.5 Å². The van der Waals surface area contributed by atoms with Crippen LogP contribution >= 0.6 is 0 Å². The Balaban J connectivity index is 0.000000206. The van der Waals surface area contributed by atoms with E-state index in [1.54, 1.807) is 28.3 Å². The van der Waals surface area contributed by atoms with Gasteiger partial charge in [-0.3, -0.25) is 19.2 Å².